The van der Waals surface area contributed by atoms with Crippen molar-refractivity contribution in [3.05, 3.63) is 44.9 Å². The molecule has 1 atom stereocenters. The minimum absolute atomic E-state index is 0.0658. The van der Waals surface area contributed by atoms with Gasteiger partial charge in [-0.25, -0.2) is 4.79 Å². The number of nitrogens with one attached hydrogen (secondary N) is 1. The van der Waals surface area contributed by atoms with Crippen LogP contribution in [-0.2, 0) is 24.3 Å². The molecular formula is C17H23N5O3. The average Bonchev–Trinajstić information content (AvgIpc) is 2.97. The number of amides is 1. The Morgan fingerprint density at radius 3 is 2.84 bits per heavy atom. The van der Waals surface area contributed by atoms with Crippen LogP contribution in [0.2, 0.25) is 0 Å². The third kappa shape index (κ3) is 3.63. The van der Waals surface area contributed by atoms with Crippen LogP contribution in [0.4, 0.5) is 0 Å². The first-order valence-electron chi connectivity index (χ1n) is 8.44. The van der Waals surface area contributed by atoms with Crippen LogP contribution >= 0.6 is 0 Å². The second-order valence-electron chi connectivity index (χ2n) is 6.51. The molecule has 0 saturated carbocycles. The number of aromatic amines is 1. The van der Waals surface area contributed by atoms with Crippen molar-refractivity contribution in [3.8, 4) is 0 Å². The number of aliphatic hydroxyl groups is 1. The molecule has 0 bridgehead atoms. The molecule has 0 radical (unpaired) electrons. The Morgan fingerprint density at radius 1 is 1.40 bits per heavy atom. The lowest BCUT2D eigenvalue weighted by atomic mass is 10.1. The average molecular weight is 345 g/mol. The number of H-pyrrole nitrogens is 1. The maximum atomic E-state index is 12.6. The summed E-state index contributed by atoms with van der Waals surface area (Å²) in [6.07, 6.45) is 0.308. The standard InChI is InChI=1S/C17H23N5O3/c1-10-14(11(2)19-17(25)18-10)4-5-16(24)21-6-7-22-13(9-21)8-15(20-22)12(3)23/h8,12,23H,4-7,9H2,1-3H3,(H,18,19,25). The molecule has 0 fully saturated rings. The van der Waals surface area contributed by atoms with Gasteiger partial charge in [-0.05, 0) is 38.8 Å². The van der Waals surface area contributed by atoms with Crippen LogP contribution in [0.5, 0.6) is 0 Å². The Morgan fingerprint density at radius 2 is 2.16 bits per heavy atom. The number of fused-ring (bicyclic) bond motifs is 1. The van der Waals surface area contributed by atoms with Crippen molar-refractivity contribution < 1.29 is 9.90 Å². The van der Waals surface area contributed by atoms with E-state index >= 15 is 0 Å². The number of nitrogens with zero attached hydrogens (tertiary/aromatic N) is 4. The maximum absolute atomic E-state index is 12.6. The van der Waals surface area contributed by atoms with Gasteiger partial charge in [0.05, 0.1) is 30.6 Å². The quantitative estimate of drug-likeness (QED) is 0.845. The fourth-order valence-corrected chi connectivity index (χ4v) is 3.22. The van der Waals surface area contributed by atoms with Crippen LogP contribution in [0.3, 0.4) is 0 Å². The summed E-state index contributed by atoms with van der Waals surface area (Å²) in [7, 11) is 0. The van der Waals surface area contributed by atoms with E-state index in [1.807, 2.05) is 22.6 Å². The molecule has 0 spiro atoms. The highest BCUT2D eigenvalue weighted by Gasteiger charge is 2.23. The number of aliphatic hydroxyl groups excluding tert-OH is 1. The Balaban J connectivity index is 1.65. The molecule has 0 aromatic carbocycles. The third-order valence-corrected chi connectivity index (χ3v) is 4.64. The summed E-state index contributed by atoms with van der Waals surface area (Å²) in [5.74, 6) is 0.0658. The Kier molecular flexibility index (Phi) is 4.71. The highest BCUT2D eigenvalue weighted by atomic mass is 16.3. The predicted octanol–water partition coefficient (Wildman–Crippen LogP) is 0.612. The highest BCUT2D eigenvalue weighted by Crippen LogP contribution is 2.19. The van der Waals surface area contributed by atoms with E-state index in [0.717, 1.165) is 17.0 Å². The summed E-state index contributed by atoms with van der Waals surface area (Å²) < 4.78 is 1.85. The number of hydrogen-bond acceptors (Lipinski definition) is 5. The summed E-state index contributed by atoms with van der Waals surface area (Å²) in [5, 5.41) is 14.0. The lowest BCUT2D eigenvalue weighted by molar-refractivity contribution is -0.132. The molecule has 2 aromatic heterocycles. The van der Waals surface area contributed by atoms with Crippen LogP contribution in [0.1, 0.15) is 47.8 Å². The SMILES string of the molecule is Cc1nc(=O)[nH]c(C)c1CCC(=O)N1CCn2nc(C(C)O)cc2C1. The molecular weight excluding hydrogens is 322 g/mol. The van der Waals surface area contributed by atoms with Crippen LogP contribution in [0.15, 0.2) is 10.9 Å². The van der Waals surface area contributed by atoms with Crippen molar-refractivity contribution in [2.24, 2.45) is 0 Å². The van der Waals surface area contributed by atoms with Crippen molar-refractivity contribution in [3.63, 3.8) is 0 Å². The molecule has 1 amide bonds. The molecule has 134 valence electrons. The first-order chi connectivity index (χ1) is 11.8. The molecule has 1 unspecified atom stereocenters. The molecule has 1 aliphatic rings. The lowest BCUT2D eigenvalue weighted by Gasteiger charge is -2.27. The number of rotatable bonds is 4. The van der Waals surface area contributed by atoms with Gasteiger partial charge in [0.15, 0.2) is 0 Å². The second kappa shape index (κ2) is 6.79. The zero-order valence-electron chi connectivity index (χ0n) is 14.7. The van der Waals surface area contributed by atoms with Crippen molar-refractivity contribution in [2.45, 2.75) is 52.8 Å². The van der Waals surface area contributed by atoms with Gasteiger partial charge in [0, 0.05) is 24.4 Å². The summed E-state index contributed by atoms with van der Waals surface area (Å²) in [6.45, 7) is 7.03. The lowest BCUT2D eigenvalue weighted by Crippen LogP contribution is -2.38. The largest absolute Gasteiger partial charge is 0.387 e. The summed E-state index contributed by atoms with van der Waals surface area (Å²) >= 11 is 0. The molecule has 3 heterocycles. The van der Waals surface area contributed by atoms with Gasteiger partial charge in [-0.3, -0.25) is 9.48 Å². The highest BCUT2D eigenvalue weighted by molar-refractivity contribution is 5.76. The fourth-order valence-electron chi connectivity index (χ4n) is 3.22. The van der Waals surface area contributed by atoms with E-state index in [4.69, 9.17) is 0 Å². The predicted molar refractivity (Wildman–Crippen MR) is 90.9 cm³/mol. The van der Waals surface area contributed by atoms with Gasteiger partial charge in [-0.1, -0.05) is 0 Å². The van der Waals surface area contributed by atoms with Gasteiger partial charge in [0.2, 0.25) is 5.91 Å². The normalized spacial score (nSPS) is 15.1. The van der Waals surface area contributed by atoms with Gasteiger partial charge in [0.1, 0.15) is 0 Å². The summed E-state index contributed by atoms with van der Waals surface area (Å²) in [5.41, 5.74) is 3.58. The maximum Gasteiger partial charge on any atom is 0.345 e. The Hall–Kier alpha value is -2.48. The minimum Gasteiger partial charge on any atom is -0.387 e. The topological polar surface area (TPSA) is 104 Å². The Labute approximate surface area is 145 Å². The summed E-state index contributed by atoms with van der Waals surface area (Å²) in [4.78, 5) is 32.3. The van der Waals surface area contributed by atoms with Crippen molar-refractivity contribution in [1.82, 2.24) is 24.6 Å². The van der Waals surface area contributed by atoms with Crippen LogP contribution < -0.4 is 5.69 Å². The van der Waals surface area contributed by atoms with E-state index in [0.29, 0.717) is 43.9 Å². The molecule has 0 saturated heterocycles. The van der Waals surface area contributed by atoms with Gasteiger partial charge in [-0.15, -0.1) is 0 Å². The number of aromatic nitrogens is 4. The molecule has 2 N–H and O–H groups in total. The molecule has 25 heavy (non-hydrogen) atoms. The van der Waals surface area contributed by atoms with Gasteiger partial charge >= 0.3 is 5.69 Å². The van der Waals surface area contributed by atoms with E-state index < -0.39 is 6.10 Å². The Bertz CT molecular complexity index is 826. The van der Waals surface area contributed by atoms with Crippen LogP contribution in [-0.4, -0.2) is 42.2 Å². The van der Waals surface area contributed by atoms with Gasteiger partial charge < -0.3 is 15.0 Å². The van der Waals surface area contributed by atoms with Crippen LogP contribution in [0.25, 0.3) is 0 Å². The number of hydrogen-bond donors (Lipinski definition) is 2. The molecule has 1 aliphatic heterocycles. The van der Waals surface area contributed by atoms with E-state index in [-0.39, 0.29) is 11.6 Å². The monoisotopic (exact) mass is 345 g/mol. The molecule has 3 rings (SSSR count). The zero-order valence-corrected chi connectivity index (χ0v) is 14.7. The van der Waals surface area contributed by atoms with E-state index in [1.54, 1.807) is 13.8 Å². The minimum atomic E-state index is -0.610. The second-order valence-corrected chi connectivity index (χ2v) is 6.51. The number of carbonyl (C=O) groups is 1. The summed E-state index contributed by atoms with van der Waals surface area (Å²) in [6, 6.07) is 1.85. The van der Waals surface area contributed by atoms with E-state index in [1.165, 1.54) is 0 Å². The van der Waals surface area contributed by atoms with Crippen LogP contribution in [0, 0.1) is 13.8 Å². The smallest absolute Gasteiger partial charge is 0.345 e. The molecule has 8 nitrogen and oxygen atoms in total. The molecule has 0 aliphatic carbocycles. The van der Waals surface area contributed by atoms with Gasteiger partial charge in [0.25, 0.3) is 0 Å². The molecule has 2 aromatic rings. The zero-order chi connectivity index (χ0) is 18.1. The van der Waals surface area contributed by atoms with Crippen molar-refractivity contribution in [1.29, 1.82) is 0 Å². The van der Waals surface area contributed by atoms with Crippen molar-refractivity contribution in [2.75, 3.05) is 6.54 Å². The van der Waals surface area contributed by atoms with E-state index in [2.05, 4.69) is 15.1 Å². The third-order valence-electron chi connectivity index (χ3n) is 4.64. The van der Waals surface area contributed by atoms with Crippen molar-refractivity contribution >= 4 is 5.91 Å². The van der Waals surface area contributed by atoms with Gasteiger partial charge in [-0.2, -0.15) is 10.1 Å². The fraction of sp³-hybridized carbons (Fsp3) is 0.529. The first kappa shape index (κ1) is 17.3. The first-order valence-corrected chi connectivity index (χ1v) is 8.44. The number of aryl methyl sites for hydroxylation is 2. The number of carbonyl (C=O) groups excluding carboxylic acids is 1. The molecule has 8 heteroatoms. The van der Waals surface area contributed by atoms with E-state index in [9.17, 15) is 14.7 Å².